The molecule has 4 rings (SSSR count). The fraction of sp³-hybridized carbons (Fsp3) is 0.333. The maximum Gasteiger partial charge on any atom is 0.415 e. The standard InChI is InChI=1S/C21H22N2O4/c1-15-13-16(25-14-20-22-17-7-3-4-8-19(17)26-20)9-10-18(15)27-21(24)23-11-5-2-6-12-23/h3-4,7-10,13H,2,5-6,11-12,14H2,1H3. The highest BCUT2D eigenvalue weighted by Crippen LogP contribution is 2.25. The van der Waals surface area contributed by atoms with E-state index in [1.807, 2.05) is 37.3 Å². The smallest absolute Gasteiger partial charge is 0.415 e. The summed E-state index contributed by atoms with van der Waals surface area (Å²) in [6.45, 7) is 3.67. The van der Waals surface area contributed by atoms with Crippen LogP contribution in [-0.2, 0) is 6.61 Å². The minimum atomic E-state index is -0.280. The molecular formula is C21H22N2O4. The number of benzene rings is 2. The van der Waals surface area contributed by atoms with Gasteiger partial charge in [-0.25, -0.2) is 9.78 Å². The lowest BCUT2D eigenvalue weighted by molar-refractivity contribution is 0.142. The Morgan fingerprint density at radius 2 is 1.96 bits per heavy atom. The molecule has 3 aromatic rings. The van der Waals surface area contributed by atoms with Gasteiger partial charge in [0.05, 0.1) is 0 Å². The number of carbonyl (C=O) groups is 1. The van der Waals surface area contributed by atoms with Crippen LogP contribution < -0.4 is 9.47 Å². The summed E-state index contributed by atoms with van der Waals surface area (Å²) in [4.78, 5) is 18.4. The second kappa shape index (κ2) is 7.70. The zero-order valence-corrected chi connectivity index (χ0v) is 15.3. The number of fused-ring (bicyclic) bond motifs is 1. The number of hydrogen-bond acceptors (Lipinski definition) is 5. The van der Waals surface area contributed by atoms with Crippen LogP contribution >= 0.6 is 0 Å². The Morgan fingerprint density at radius 3 is 2.74 bits per heavy atom. The van der Waals surface area contributed by atoms with Crippen molar-refractivity contribution >= 4 is 17.2 Å². The highest BCUT2D eigenvalue weighted by Gasteiger charge is 2.19. The Labute approximate surface area is 157 Å². The van der Waals surface area contributed by atoms with Crippen molar-refractivity contribution in [2.75, 3.05) is 13.1 Å². The van der Waals surface area contributed by atoms with Gasteiger partial charge in [-0.1, -0.05) is 12.1 Å². The van der Waals surface area contributed by atoms with E-state index in [1.54, 1.807) is 17.0 Å². The summed E-state index contributed by atoms with van der Waals surface area (Å²) < 4.78 is 17.0. The first-order valence-electron chi connectivity index (χ1n) is 9.24. The number of hydrogen-bond donors (Lipinski definition) is 0. The first kappa shape index (κ1) is 17.4. The topological polar surface area (TPSA) is 64.8 Å². The Kier molecular flexibility index (Phi) is 4.96. The molecule has 0 saturated carbocycles. The number of para-hydroxylation sites is 2. The Balaban J connectivity index is 1.38. The second-order valence-corrected chi connectivity index (χ2v) is 6.71. The molecule has 6 nitrogen and oxygen atoms in total. The van der Waals surface area contributed by atoms with Gasteiger partial charge in [0.25, 0.3) is 0 Å². The number of amides is 1. The van der Waals surface area contributed by atoms with Crippen LogP contribution in [-0.4, -0.2) is 29.1 Å². The van der Waals surface area contributed by atoms with E-state index in [0.717, 1.165) is 42.6 Å². The van der Waals surface area contributed by atoms with Gasteiger partial charge in [0.2, 0.25) is 5.89 Å². The summed E-state index contributed by atoms with van der Waals surface area (Å²) in [5.41, 5.74) is 2.40. The van der Waals surface area contributed by atoms with E-state index in [2.05, 4.69) is 4.98 Å². The highest BCUT2D eigenvalue weighted by atomic mass is 16.6. The van der Waals surface area contributed by atoms with Crippen LogP contribution in [0.3, 0.4) is 0 Å². The molecule has 1 fully saturated rings. The second-order valence-electron chi connectivity index (χ2n) is 6.71. The molecule has 1 aromatic heterocycles. The van der Waals surface area contributed by atoms with Gasteiger partial charge >= 0.3 is 6.09 Å². The van der Waals surface area contributed by atoms with Gasteiger partial charge < -0.3 is 18.8 Å². The molecule has 0 bridgehead atoms. The third kappa shape index (κ3) is 4.05. The van der Waals surface area contributed by atoms with Crippen LogP contribution in [0.15, 0.2) is 46.9 Å². The summed E-state index contributed by atoms with van der Waals surface area (Å²) in [7, 11) is 0. The number of piperidine rings is 1. The van der Waals surface area contributed by atoms with Crippen molar-refractivity contribution in [3.8, 4) is 11.5 Å². The molecule has 0 radical (unpaired) electrons. The van der Waals surface area contributed by atoms with Crippen molar-refractivity contribution in [2.24, 2.45) is 0 Å². The molecule has 1 aliphatic rings. The zero-order chi connectivity index (χ0) is 18.6. The van der Waals surface area contributed by atoms with Crippen LogP contribution in [0.25, 0.3) is 11.1 Å². The number of rotatable bonds is 4. The van der Waals surface area contributed by atoms with E-state index in [9.17, 15) is 4.79 Å². The van der Waals surface area contributed by atoms with Crippen molar-refractivity contribution in [2.45, 2.75) is 32.8 Å². The van der Waals surface area contributed by atoms with Crippen LogP contribution in [0, 0.1) is 6.92 Å². The van der Waals surface area contributed by atoms with E-state index in [1.165, 1.54) is 6.42 Å². The average molecular weight is 366 g/mol. The number of aryl methyl sites for hydroxylation is 1. The van der Waals surface area contributed by atoms with Crippen LogP contribution in [0.2, 0.25) is 0 Å². The number of aromatic nitrogens is 1. The van der Waals surface area contributed by atoms with E-state index in [4.69, 9.17) is 13.9 Å². The first-order chi connectivity index (χ1) is 13.2. The minimum Gasteiger partial charge on any atom is -0.484 e. The van der Waals surface area contributed by atoms with E-state index in [0.29, 0.717) is 17.4 Å². The number of oxazole rings is 1. The van der Waals surface area contributed by atoms with Crippen molar-refractivity contribution in [1.82, 2.24) is 9.88 Å². The molecule has 1 aliphatic heterocycles. The molecular weight excluding hydrogens is 344 g/mol. The van der Waals surface area contributed by atoms with Crippen LogP contribution in [0.1, 0.15) is 30.7 Å². The maximum atomic E-state index is 12.3. The molecule has 2 aromatic carbocycles. The van der Waals surface area contributed by atoms with Crippen molar-refractivity contribution in [3.05, 3.63) is 53.9 Å². The van der Waals surface area contributed by atoms with E-state index < -0.39 is 0 Å². The Bertz CT molecular complexity index is 911. The van der Waals surface area contributed by atoms with Crippen molar-refractivity contribution in [1.29, 1.82) is 0 Å². The predicted molar refractivity (Wildman–Crippen MR) is 101 cm³/mol. The van der Waals surface area contributed by atoms with Gasteiger partial charge in [0.1, 0.15) is 17.0 Å². The molecule has 0 N–H and O–H groups in total. The molecule has 1 amide bonds. The molecule has 0 atom stereocenters. The predicted octanol–water partition coefficient (Wildman–Crippen LogP) is 4.70. The average Bonchev–Trinajstić information content (AvgIpc) is 3.12. The number of nitrogens with zero attached hydrogens (tertiary/aromatic N) is 2. The lowest BCUT2D eigenvalue weighted by Crippen LogP contribution is -2.37. The Hall–Kier alpha value is -3.02. The quantitative estimate of drug-likeness (QED) is 0.670. The minimum absolute atomic E-state index is 0.237. The summed E-state index contributed by atoms with van der Waals surface area (Å²) in [6.07, 6.45) is 2.97. The molecule has 0 aliphatic carbocycles. The lowest BCUT2D eigenvalue weighted by atomic mass is 10.1. The summed E-state index contributed by atoms with van der Waals surface area (Å²) in [5, 5.41) is 0. The normalized spacial score (nSPS) is 14.3. The molecule has 2 heterocycles. The fourth-order valence-corrected chi connectivity index (χ4v) is 3.19. The monoisotopic (exact) mass is 366 g/mol. The number of carbonyl (C=O) groups excluding carboxylic acids is 1. The molecule has 6 heteroatoms. The highest BCUT2D eigenvalue weighted by molar-refractivity contribution is 5.72. The van der Waals surface area contributed by atoms with Gasteiger partial charge in [-0.2, -0.15) is 0 Å². The zero-order valence-electron chi connectivity index (χ0n) is 15.3. The number of ether oxygens (including phenoxy) is 2. The van der Waals surface area contributed by atoms with Gasteiger partial charge in [-0.15, -0.1) is 0 Å². The third-order valence-corrected chi connectivity index (χ3v) is 4.66. The van der Waals surface area contributed by atoms with E-state index >= 15 is 0 Å². The van der Waals surface area contributed by atoms with Crippen LogP contribution in [0.4, 0.5) is 4.79 Å². The van der Waals surface area contributed by atoms with Crippen LogP contribution in [0.5, 0.6) is 11.5 Å². The fourth-order valence-electron chi connectivity index (χ4n) is 3.19. The molecule has 0 unspecified atom stereocenters. The maximum absolute atomic E-state index is 12.3. The van der Waals surface area contributed by atoms with Crippen molar-refractivity contribution < 1.29 is 18.7 Å². The summed E-state index contributed by atoms with van der Waals surface area (Å²) in [5.74, 6) is 1.75. The van der Waals surface area contributed by atoms with E-state index in [-0.39, 0.29) is 12.7 Å². The van der Waals surface area contributed by atoms with Gasteiger partial charge in [0, 0.05) is 13.1 Å². The lowest BCUT2D eigenvalue weighted by Gasteiger charge is -2.26. The Morgan fingerprint density at radius 1 is 1.15 bits per heavy atom. The first-order valence-corrected chi connectivity index (χ1v) is 9.24. The van der Waals surface area contributed by atoms with Gasteiger partial charge in [0.15, 0.2) is 12.2 Å². The molecule has 1 saturated heterocycles. The summed E-state index contributed by atoms with van der Waals surface area (Å²) >= 11 is 0. The molecule has 140 valence electrons. The van der Waals surface area contributed by atoms with Gasteiger partial charge in [-0.3, -0.25) is 0 Å². The number of likely N-dealkylation sites (tertiary alicyclic amines) is 1. The molecule has 0 spiro atoms. The van der Waals surface area contributed by atoms with Gasteiger partial charge in [-0.05, 0) is 62.1 Å². The largest absolute Gasteiger partial charge is 0.484 e. The summed E-state index contributed by atoms with van der Waals surface area (Å²) in [6, 6.07) is 13.0. The van der Waals surface area contributed by atoms with Crippen molar-refractivity contribution in [3.63, 3.8) is 0 Å². The molecule has 27 heavy (non-hydrogen) atoms. The third-order valence-electron chi connectivity index (χ3n) is 4.66. The SMILES string of the molecule is Cc1cc(OCc2nc3ccccc3o2)ccc1OC(=O)N1CCCCC1.